The molecule has 0 bridgehead atoms. The summed E-state index contributed by atoms with van der Waals surface area (Å²) in [7, 11) is 0. The molecule has 0 fully saturated rings. The first-order valence-electron chi connectivity index (χ1n) is 5.42. The lowest BCUT2D eigenvalue weighted by Crippen LogP contribution is -2.22. The number of thiazole rings is 1. The van der Waals surface area contributed by atoms with Gasteiger partial charge < -0.3 is 11.1 Å². The molecule has 0 spiro atoms. The van der Waals surface area contributed by atoms with E-state index in [1.807, 2.05) is 0 Å². The molecular weight excluding hydrogens is 289 g/mol. The minimum Gasteiger partial charge on any atom is -0.375 e. The van der Waals surface area contributed by atoms with Gasteiger partial charge in [0.1, 0.15) is 10.7 Å². The van der Waals surface area contributed by atoms with Gasteiger partial charge in [-0.25, -0.2) is 9.37 Å². The highest BCUT2D eigenvalue weighted by Gasteiger charge is 2.13. The van der Waals surface area contributed by atoms with Crippen LogP contribution in [-0.4, -0.2) is 10.9 Å². The van der Waals surface area contributed by atoms with Gasteiger partial charge >= 0.3 is 0 Å². The number of nitrogens with two attached hydrogens (primary N) is 1. The van der Waals surface area contributed by atoms with Gasteiger partial charge in [-0.1, -0.05) is 29.0 Å². The molecular formula is C12H11ClFN3OS. The van der Waals surface area contributed by atoms with Gasteiger partial charge in [0.2, 0.25) is 0 Å². The average molecular weight is 300 g/mol. The van der Waals surface area contributed by atoms with Crippen molar-refractivity contribution in [1.82, 2.24) is 10.3 Å². The first-order chi connectivity index (χ1) is 8.97. The number of carbonyl (C=O) groups is 1. The predicted octanol–water partition coefficient (Wildman–Crippen LogP) is 2.76. The molecule has 0 saturated carbocycles. The van der Waals surface area contributed by atoms with Crippen LogP contribution < -0.4 is 11.1 Å². The molecule has 100 valence electrons. The standard InChI is InChI=1S/C12H11ClFN3OS/c1-6-10(19-12(15)17-6)11(18)16-5-7-2-3-9(14)8(13)4-7/h2-4H,5H2,1H3,(H2,15,17)(H,16,18). The summed E-state index contributed by atoms with van der Waals surface area (Å²) in [5, 5.41) is 3.10. The van der Waals surface area contributed by atoms with Crippen molar-refractivity contribution < 1.29 is 9.18 Å². The lowest BCUT2D eigenvalue weighted by atomic mass is 10.2. The van der Waals surface area contributed by atoms with E-state index in [1.54, 1.807) is 13.0 Å². The highest BCUT2D eigenvalue weighted by molar-refractivity contribution is 7.17. The van der Waals surface area contributed by atoms with Crippen molar-refractivity contribution in [1.29, 1.82) is 0 Å². The first-order valence-corrected chi connectivity index (χ1v) is 6.62. The number of nitrogens with zero attached hydrogens (tertiary/aromatic N) is 1. The van der Waals surface area contributed by atoms with Crippen molar-refractivity contribution in [2.24, 2.45) is 0 Å². The Kier molecular flexibility index (Phi) is 4.01. The fourth-order valence-electron chi connectivity index (χ4n) is 1.54. The number of nitrogens with one attached hydrogen (secondary N) is 1. The Balaban J connectivity index is 2.04. The third-order valence-electron chi connectivity index (χ3n) is 2.46. The zero-order chi connectivity index (χ0) is 14.0. The van der Waals surface area contributed by atoms with Crippen LogP contribution in [0.2, 0.25) is 5.02 Å². The summed E-state index contributed by atoms with van der Waals surface area (Å²) in [5.74, 6) is -0.741. The number of hydrogen-bond donors (Lipinski definition) is 2. The summed E-state index contributed by atoms with van der Waals surface area (Å²) < 4.78 is 13.0. The zero-order valence-corrected chi connectivity index (χ0v) is 11.6. The Labute approximate surface area is 118 Å². The van der Waals surface area contributed by atoms with Crippen molar-refractivity contribution in [3.05, 3.63) is 45.2 Å². The van der Waals surface area contributed by atoms with Crippen LogP contribution in [-0.2, 0) is 6.54 Å². The van der Waals surface area contributed by atoms with Gasteiger partial charge in [-0.2, -0.15) is 0 Å². The summed E-state index contributed by atoms with van der Waals surface area (Å²) in [4.78, 5) is 16.4. The van der Waals surface area contributed by atoms with E-state index < -0.39 is 5.82 Å². The normalized spacial score (nSPS) is 10.5. The van der Waals surface area contributed by atoms with Crippen LogP contribution in [0.3, 0.4) is 0 Å². The molecule has 2 aromatic rings. The zero-order valence-electron chi connectivity index (χ0n) is 10.0. The summed E-state index contributed by atoms with van der Waals surface area (Å²) in [5.41, 5.74) is 6.84. The summed E-state index contributed by atoms with van der Waals surface area (Å²) in [6, 6.07) is 4.31. The SMILES string of the molecule is Cc1nc(N)sc1C(=O)NCc1ccc(F)c(Cl)c1. The molecule has 3 N–H and O–H groups in total. The third-order valence-corrected chi connectivity index (χ3v) is 3.73. The smallest absolute Gasteiger partial charge is 0.263 e. The van der Waals surface area contributed by atoms with Gasteiger partial charge in [0, 0.05) is 6.54 Å². The quantitative estimate of drug-likeness (QED) is 0.915. The minimum atomic E-state index is -0.484. The maximum absolute atomic E-state index is 13.0. The topological polar surface area (TPSA) is 68.0 Å². The monoisotopic (exact) mass is 299 g/mol. The van der Waals surface area contributed by atoms with Crippen LogP contribution in [0.5, 0.6) is 0 Å². The van der Waals surface area contributed by atoms with Crippen LogP contribution >= 0.6 is 22.9 Å². The number of aryl methyl sites for hydroxylation is 1. The van der Waals surface area contributed by atoms with Crippen LogP contribution in [0.4, 0.5) is 9.52 Å². The lowest BCUT2D eigenvalue weighted by molar-refractivity contribution is 0.0954. The van der Waals surface area contributed by atoms with Crippen molar-refractivity contribution >= 4 is 34.0 Å². The molecule has 4 nitrogen and oxygen atoms in total. The molecule has 19 heavy (non-hydrogen) atoms. The minimum absolute atomic E-state index is 0.0324. The van der Waals surface area contributed by atoms with Gasteiger partial charge in [0.15, 0.2) is 5.13 Å². The van der Waals surface area contributed by atoms with Crippen molar-refractivity contribution in [3.8, 4) is 0 Å². The number of carbonyl (C=O) groups excluding carboxylic acids is 1. The van der Waals surface area contributed by atoms with Crippen molar-refractivity contribution in [2.75, 3.05) is 5.73 Å². The van der Waals surface area contributed by atoms with E-state index in [0.29, 0.717) is 15.7 Å². The van der Waals surface area contributed by atoms with E-state index in [4.69, 9.17) is 17.3 Å². The van der Waals surface area contributed by atoms with Gasteiger partial charge in [0.05, 0.1) is 10.7 Å². The van der Waals surface area contributed by atoms with E-state index in [9.17, 15) is 9.18 Å². The number of anilines is 1. The average Bonchev–Trinajstić information content (AvgIpc) is 2.70. The fraction of sp³-hybridized carbons (Fsp3) is 0.167. The number of aromatic nitrogens is 1. The van der Waals surface area contributed by atoms with Crippen LogP contribution in [0.1, 0.15) is 20.9 Å². The third kappa shape index (κ3) is 3.21. The Morgan fingerprint density at radius 3 is 2.89 bits per heavy atom. The van der Waals surface area contributed by atoms with Crippen molar-refractivity contribution in [3.63, 3.8) is 0 Å². The van der Waals surface area contributed by atoms with Crippen LogP contribution in [0.15, 0.2) is 18.2 Å². The van der Waals surface area contributed by atoms with Gasteiger partial charge in [0.25, 0.3) is 5.91 Å². The van der Waals surface area contributed by atoms with Crippen LogP contribution in [0.25, 0.3) is 0 Å². The first kappa shape index (κ1) is 13.8. The molecule has 0 aliphatic rings. The van der Waals surface area contributed by atoms with Crippen molar-refractivity contribution in [2.45, 2.75) is 13.5 Å². The second-order valence-electron chi connectivity index (χ2n) is 3.90. The van der Waals surface area contributed by atoms with Gasteiger partial charge in [-0.15, -0.1) is 0 Å². The molecule has 1 aromatic carbocycles. The molecule has 0 aliphatic heterocycles. The number of benzene rings is 1. The number of halogens is 2. The highest BCUT2D eigenvalue weighted by atomic mass is 35.5. The molecule has 0 radical (unpaired) electrons. The van der Waals surface area contributed by atoms with E-state index >= 15 is 0 Å². The molecule has 0 unspecified atom stereocenters. The fourth-order valence-corrected chi connectivity index (χ4v) is 2.49. The summed E-state index contributed by atoms with van der Waals surface area (Å²) in [6.45, 7) is 1.98. The summed E-state index contributed by atoms with van der Waals surface area (Å²) in [6.07, 6.45) is 0. The second kappa shape index (κ2) is 5.54. The number of amides is 1. The number of rotatable bonds is 3. The van der Waals surface area contributed by atoms with E-state index in [2.05, 4.69) is 10.3 Å². The number of nitrogen functional groups attached to an aromatic ring is 1. The Morgan fingerprint density at radius 2 is 2.32 bits per heavy atom. The lowest BCUT2D eigenvalue weighted by Gasteiger charge is -2.05. The Hall–Kier alpha value is -1.66. The molecule has 7 heteroatoms. The molecule has 2 rings (SSSR count). The molecule has 0 atom stereocenters. The largest absolute Gasteiger partial charge is 0.375 e. The maximum Gasteiger partial charge on any atom is 0.263 e. The maximum atomic E-state index is 13.0. The molecule has 1 heterocycles. The van der Waals surface area contributed by atoms with E-state index in [1.165, 1.54) is 12.1 Å². The van der Waals surface area contributed by atoms with Gasteiger partial charge in [-0.3, -0.25) is 4.79 Å². The van der Waals surface area contributed by atoms with Gasteiger partial charge in [-0.05, 0) is 24.6 Å². The molecule has 0 aliphatic carbocycles. The Morgan fingerprint density at radius 1 is 1.58 bits per heavy atom. The van der Waals surface area contributed by atoms with Crippen LogP contribution in [0, 0.1) is 12.7 Å². The molecule has 1 amide bonds. The molecule has 0 saturated heterocycles. The summed E-state index contributed by atoms with van der Waals surface area (Å²) >= 11 is 6.79. The highest BCUT2D eigenvalue weighted by Crippen LogP contribution is 2.20. The predicted molar refractivity (Wildman–Crippen MR) is 73.8 cm³/mol. The van der Waals surface area contributed by atoms with E-state index in [-0.39, 0.29) is 17.5 Å². The van der Waals surface area contributed by atoms with E-state index in [0.717, 1.165) is 16.9 Å². The number of hydrogen-bond acceptors (Lipinski definition) is 4. The molecule has 1 aromatic heterocycles. The second-order valence-corrected chi connectivity index (χ2v) is 5.34. The Bertz CT molecular complexity index is 629.